The molecule has 0 bridgehead atoms. The summed E-state index contributed by atoms with van der Waals surface area (Å²) < 4.78 is 5.85. The van der Waals surface area contributed by atoms with Crippen LogP contribution in [0.3, 0.4) is 0 Å². The molecule has 2 fully saturated rings. The lowest BCUT2D eigenvalue weighted by atomic mass is 9.96. The summed E-state index contributed by atoms with van der Waals surface area (Å²) in [6.45, 7) is 0.0948. The van der Waals surface area contributed by atoms with Crippen LogP contribution in [-0.4, -0.2) is 29.5 Å². The van der Waals surface area contributed by atoms with Gasteiger partial charge in [0.05, 0.1) is 18.8 Å². The molecule has 0 aromatic heterocycles. The van der Waals surface area contributed by atoms with Gasteiger partial charge >= 0.3 is 0 Å². The lowest BCUT2D eigenvalue weighted by molar-refractivity contribution is -0.0505. The minimum absolute atomic E-state index is 0.0948. The van der Waals surface area contributed by atoms with Crippen molar-refractivity contribution < 1.29 is 9.84 Å². The average molecular weight is 185 g/mol. The summed E-state index contributed by atoms with van der Waals surface area (Å²) in [5.74, 6) is 0. The highest BCUT2D eigenvalue weighted by molar-refractivity contribution is 4.94. The van der Waals surface area contributed by atoms with Gasteiger partial charge in [0.25, 0.3) is 0 Å². The smallest absolute Gasteiger partial charge is 0.0612 e. The zero-order valence-electron chi connectivity index (χ0n) is 8.04. The predicted octanol–water partition coefficient (Wildman–Crippen LogP) is 0.798. The first-order valence-corrected chi connectivity index (χ1v) is 5.27. The minimum Gasteiger partial charge on any atom is -0.394 e. The monoisotopic (exact) mass is 185 g/mol. The summed E-state index contributed by atoms with van der Waals surface area (Å²) in [5, 5.41) is 9.07. The quantitative estimate of drug-likeness (QED) is 0.683. The molecule has 3 nitrogen and oxygen atoms in total. The zero-order chi connectivity index (χ0) is 9.31. The Morgan fingerprint density at radius 3 is 2.54 bits per heavy atom. The van der Waals surface area contributed by atoms with E-state index in [9.17, 15) is 0 Å². The van der Waals surface area contributed by atoms with E-state index in [0.29, 0.717) is 12.2 Å². The van der Waals surface area contributed by atoms with Gasteiger partial charge in [-0.3, -0.25) is 0 Å². The Balaban J connectivity index is 1.77. The molecule has 2 atom stereocenters. The lowest BCUT2D eigenvalue weighted by Gasteiger charge is -2.29. The van der Waals surface area contributed by atoms with Gasteiger partial charge in [-0.15, -0.1) is 0 Å². The van der Waals surface area contributed by atoms with Crippen LogP contribution < -0.4 is 5.73 Å². The number of hydrogen-bond donors (Lipinski definition) is 2. The summed E-state index contributed by atoms with van der Waals surface area (Å²) in [5.41, 5.74) is 5.60. The van der Waals surface area contributed by atoms with Crippen molar-refractivity contribution in [3.05, 3.63) is 0 Å². The van der Waals surface area contributed by atoms with Crippen molar-refractivity contribution in [1.82, 2.24) is 0 Å². The van der Waals surface area contributed by atoms with Gasteiger partial charge in [0, 0.05) is 5.54 Å². The van der Waals surface area contributed by atoms with E-state index >= 15 is 0 Å². The number of aliphatic hydroxyl groups excluding tert-OH is 1. The molecule has 13 heavy (non-hydrogen) atoms. The van der Waals surface area contributed by atoms with Crippen LogP contribution in [0.5, 0.6) is 0 Å². The summed E-state index contributed by atoms with van der Waals surface area (Å²) >= 11 is 0. The van der Waals surface area contributed by atoms with Crippen LogP contribution in [0.2, 0.25) is 0 Å². The summed E-state index contributed by atoms with van der Waals surface area (Å²) in [7, 11) is 0. The van der Waals surface area contributed by atoms with E-state index in [1.807, 2.05) is 0 Å². The van der Waals surface area contributed by atoms with E-state index in [2.05, 4.69) is 0 Å². The molecule has 76 valence electrons. The van der Waals surface area contributed by atoms with Crippen LogP contribution in [0.1, 0.15) is 38.5 Å². The maximum atomic E-state index is 9.07. The fourth-order valence-electron chi connectivity index (χ4n) is 2.14. The van der Waals surface area contributed by atoms with E-state index in [0.717, 1.165) is 19.3 Å². The van der Waals surface area contributed by atoms with Gasteiger partial charge in [0.15, 0.2) is 0 Å². The van der Waals surface area contributed by atoms with E-state index < -0.39 is 0 Å². The lowest BCUT2D eigenvalue weighted by Crippen LogP contribution is -2.41. The molecule has 2 saturated carbocycles. The van der Waals surface area contributed by atoms with Crippen molar-refractivity contribution in [3.8, 4) is 0 Å². The van der Waals surface area contributed by atoms with E-state index in [1.165, 1.54) is 19.3 Å². The second-order valence-electron chi connectivity index (χ2n) is 4.57. The van der Waals surface area contributed by atoms with E-state index in [-0.39, 0.29) is 12.1 Å². The topological polar surface area (TPSA) is 55.5 Å². The van der Waals surface area contributed by atoms with Crippen molar-refractivity contribution in [3.63, 3.8) is 0 Å². The minimum atomic E-state index is -0.353. The maximum absolute atomic E-state index is 9.07. The molecule has 2 unspecified atom stereocenters. The molecule has 0 amide bonds. The highest BCUT2D eigenvalue weighted by Gasteiger charge is 2.37. The molecular weight excluding hydrogens is 166 g/mol. The Morgan fingerprint density at radius 2 is 2.08 bits per heavy atom. The fourth-order valence-corrected chi connectivity index (χ4v) is 2.14. The normalized spacial score (nSPS) is 40.6. The molecule has 0 radical (unpaired) electrons. The van der Waals surface area contributed by atoms with Crippen molar-refractivity contribution in [1.29, 1.82) is 0 Å². The van der Waals surface area contributed by atoms with E-state index in [4.69, 9.17) is 15.6 Å². The Labute approximate surface area is 79.3 Å². The summed E-state index contributed by atoms with van der Waals surface area (Å²) in [6, 6.07) is 0. The van der Waals surface area contributed by atoms with Gasteiger partial charge in [-0.1, -0.05) is 0 Å². The molecule has 2 rings (SSSR count). The Kier molecular flexibility index (Phi) is 2.58. The number of ether oxygens (including phenoxy) is 1. The van der Waals surface area contributed by atoms with Crippen molar-refractivity contribution in [2.45, 2.75) is 56.3 Å². The SMILES string of the molecule is NC1(CO)CCC(OC2CCC2)C1. The Hall–Kier alpha value is -0.120. The zero-order valence-corrected chi connectivity index (χ0v) is 8.04. The van der Waals surface area contributed by atoms with E-state index in [1.54, 1.807) is 0 Å². The first-order valence-electron chi connectivity index (χ1n) is 5.27. The summed E-state index contributed by atoms with van der Waals surface area (Å²) in [6.07, 6.45) is 7.30. The molecule has 2 aliphatic carbocycles. The number of hydrogen-bond acceptors (Lipinski definition) is 3. The van der Waals surface area contributed by atoms with Crippen LogP contribution in [0.15, 0.2) is 0 Å². The van der Waals surface area contributed by atoms with Crippen LogP contribution in [0.4, 0.5) is 0 Å². The van der Waals surface area contributed by atoms with Crippen LogP contribution in [0.25, 0.3) is 0 Å². The largest absolute Gasteiger partial charge is 0.394 e. The Bertz CT molecular complexity index is 182. The van der Waals surface area contributed by atoms with Gasteiger partial charge in [0.2, 0.25) is 0 Å². The van der Waals surface area contributed by atoms with Gasteiger partial charge in [0.1, 0.15) is 0 Å². The Morgan fingerprint density at radius 1 is 1.31 bits per heavy atom. The fraction of sp³-hybridized carbons (Fsp3) is 1.00. The van der Waals surface area contributed by atoms with Crippen molar-refractivity contribution >= 4 is 0 Å². The molecule has 3 heteroatoms. The average Bonchev–Trinajstić information content (AvgIpc) is 2.42. The predicted molar refractivity (Wildman–Crippen MR) is 50.4 cm³/mol. The molecule has 0 saturated heterocycles. The van der Waals surface area contributed by atoms with Gasteiger partial charge in [-0.05, 0) is 38.5 Å². The first kappa shape index (κ1) is 9.44. The molecule has 0 aromatic carbocycles. The van der Waals surface area contributed by atoms with Crippen LogP contribution in [-0.2, 0) is 4.74 Å². The van der Waals surface area contributed by atoms with Crippen molar-refractivity contribution in [2.24, 2.45) is 5.73 Å². The number of aliphatic hydroxyl groups is 1. The second kappa shape index (κ2) is 3.56. The van der Waals surface area contributed by atoms with Crippen LogP contribution >= 0.6 is 0 Å². The molecule has 2 aliphatic rings. The number of rotatable bonds is 3. The molecule has 0 aliphatic heterocycles. The first-order chi connectivity index (χ1) is 6.22. The molecule has 0 heterocycles. The highest BCUT2D eigenvalue weighted by atomic mass is 16.5. The molecule has 0 spiro atoms. The third-order valence-corrected chi connectivity index (χ3v) is 3.35. The third-order valence-electron chi connectivity index (χ3n) is 3.35. The third kappa shape index (κ3) is 2.03. The molecular formula is C10H19NO2. The van der Waals surface area contributed by atoms with Gasteiger partial charge < -0.3 is 15.6 Å². The molecule has 3 N–H and O–H groups in total. The standard InChI is InChI=1S/C10H19NO2/c11-10(7-12)5-4-9(6-10)13-8-2-1-3-8/h8-9,12H,1-7,11H2. The highest BCUT2D eigenvalue weighted by Crippen LogP contribution is 2.33. The molecule has 0 aromatic rings. The van der Waals surface area contributed by atoms with Gasteiger partial charge in [-0.25, -0.2) is 0 Å². The number of nitrogens with two attached hydrogens (primary N) is 1. The van der Waals surface area contributed by atoms with Gasteiger partial charge in [-0.2, -0.15) is 0 Å². The maximum Gasteiger partial charge on any atom is 0.0612 e. The van der Waals surface area contributed by atoms with Crippen molar-refractivity contribution in [2.75, 3.05) is 6.61 Å². The van der Waals surface area contributed by atoms with Crippen LogP contribution in [0, 0.1) is 0 Å². The second-order valence-corrected chi connectivity index (χ2v) is 4.57. The summed E-state index contributed by atoms with van der Waals surface area (Å²) in [4.78, 5) is 0.